The van der Waals surface area contributed by atoms with Crippen LogP contribution in [0.3, 0.4) is 0 Å². The third kappa shape index (κ3) is 8.36. The molecule has 13 aromatic rings. The van der Waals surface area contributed by atoms with Gasteiger partial charge in [-0.25, -0.2) is 29.9 Å². The summed E-state index contributed by atoms with van der Waals surface area (Å²) in [5.41, 5.74) is 18.9. The second kappa shape index (κ2) is 19.5. The maximum absolute atomic E-state index is 5.57. The largest absolute Gasteiger partial charge is 0.497 e. The number of aromatic nitrogens is 6. The van der Waals surface area contributed by atoms with E-state index in [4.69, 9.17) is 58.3 Å². The van der Waals surface area contributed by atoms with Crippen molar-refractivity contribution >= 4 is 66.2 Å². The van der Waals surface area contributed by atoms with Gasteiger partial charge in [0.25, 0.3) is 0 Å². The number of benzene rings is 10. The van der Waals surface area contributed by atoms with Crippen LogP contribution in [0.4, 0.5) is 0 Å². The molecule has 0 spiro atoms. The Labute approximate surface area is 448 Å². The van der Waals surface area contributed by atoms with Gasteiger partial charge >= 0.3 is 0 Å². The summed E-state index contributed by atoms with van der Waals surface area (Å²) in [6.45, 7) is 0. The van der Waals surface area contributed by atoms with E-state index in [2.05, 4.69) is 109 Å². The number of nitrogens with zero attached hydrogens (tertiary/aromatic N) is 6. The lowest BCUT2D eigenvalue weighted by molar-refractivity contribution is 0.414. The van der Waals surface area contributed by atoms with Gasteiger partial charge in [-0.1, -0.05) is 72.8 Å². The zero-order valence-corrected chi connectivity index (χ0v) is 43.5. The zero-order valence-electron chi connectivity index (χ0n) is 43.5. The first kappa shape index (κ1) is 47.5. The van der Waals surface area contributed by atoms with E-state index in [1.807, 2.05) is 72.8 Å². The number of methoxy groups -OCH3 is 6. The highest BCUT2D eigenvalue weighted by atomic mass is 16.5. The van der Waals surface area contributed by atoms with Crippen LogP contribution in [-0.4, -0.2) is 72.6 Å². The molecule has 3 heterocycles. The van der Waals surface area contributed by atoms with Crippen molar-refractivity contribution in [2.45, 2.75) is 0 Å². The van der Waals surface area contributed by atoms with Gasteiger partial charge in [-0.05, 0) is 176 Å². The van der Waals surface area contributed by atoms with Crippen molar-refractivity contribution in [1.29, 1.82) is 0 Å². The monoisotopic (exact) mass is 1020 g/mol. The molecule has 0 fully saturated rings. The van der Waals surface area contributed by atoms with Crippen molar-refractivity contribution in [3.8, 4) is 101 Å². The number of hydrogen-bond acceptors (Lipinski definition) is 12. The molecule has 0 atom stereocenters. The molecule has 0 N–H and O–H groups in total. The first-order chi connectivity index (χ1) is 38.3. The van der Waals surface area contributed by atoms with Crippen LogP contribution in [0.25, 0.3) is 133 Å². The number of hydrogen-bond donors (Lipinski definition) is 0. The Morgan fingerprint density at radius 2 is 0.321 bits per heavy atom. The van der Waals surface area contributed by atoms with Gasteiger partial charge in [-0.3, -0.25) is 0 Å². The molecule has 12 heteroatoms. The summed E-state index contributed by atoms with van der Waals surface area (Å²) in [6, 6.07) is 60.9. The van der Waals surface area contributed by atoms with Crippen LogP contribution in [0.15, 0.2) is 182 Å². The van der Waals surface area contributed by atoms with Gasteiger partial charge < -0.3 is 28.4 Å². The third-order valence-corrected chi connectivity index (χ3v) is 14.5. The van der Waals surface area contributed by atoms with E-state index in [1.165, 1.54) is 0 Å². The summed E-state index contributed by atoms with van der Waals surface area (Å²) in [6.07, 6.45) is 0. The van der Waals surface area contributed by atoms with E-state index in [0.717, 1.165) is 101 Å². The first-order valence-corrected chi connectivity index (χ1v) is 25.2. The molecule has 0 saturated heterocycles. The molecule has 0 aliphatic rings. The minimum atomic E-state index is 0.543. The second-order valence-corrected chi connectivity index (χ2v) is 18.8. The number of fused-ring (bicyclic) bond motifs is 9. The Morgan fingerprint density at radius 1 is 0.192 bits per heavy atom. The third-order valence-electron chi connectivity index (χ3n) is 14.5. The lowest BCUT2D eigenvalue weighted by Crippen LogP contribution is -2.00. The fourth-order valence-corrected chi connectivity index (χ4v) is 10.4. The minimum absolute atomic E-state index is 0.543. The predicted octanol–water partition coefficient (Wildman–Crippen LogP) is 15.0. The van der Waals surface area contributed by atoms with Crippen LogP contribution in [0.5, 0.6) is 34.5 Å². The quantitative estimate of drug-likeness (QED) is 0.0852. The lowest BCUT2D eigenvalue weighted by Gasteiger charge is -2.16. The van der Waals surface area contributed by atoms with E-state index in [-0.39, 0.29) is 0 Å². The van der Waals surface area contributed by atoms with E-state index in [9.17, 15) is 0 Å². The van der Waals surface area contributed by atoms with Crippen molar-refractivity contribution < 1.29 is 28.4 Å². The Bertz CT molecular complexity index is 3690. The van der Waals surface area contributed by atoms with Crippen molar-refractivity contribution in [3.63, 3.8) is 0 Å². The van der Waals surface area contributed by atoms with Gasteiger partial charge in [0, 0.05) is 0 Å². The van der Waals surface area contributed by atoms with Crippen molar-refractivity contribution in [2.75, 3.05) is 42.7 Å². The average Bonchev–Trinajstić information content (AvgIpc) is 3.68. The molecule has 0 saturated carbocycles. The molecule has 78 heavy (non-hydrogen) atoms. The highest BCUT2D eigenvalue weighted by molar-refractivity contribution is 6.21. The summed E-state index contributed by atoms with van der Waals surface area (Å²) in [5, 5.41) is 0. The summed E-state index contributed by atoms with van der Waals surface area (Å²) in [4.78, 5) is 33.2. The van der Waals surface area contributed by atoms with Gasteiger partial charge in [0.05, 0.1) is 75.8 Å². The smallest absolute Gasteiger partial charge is 0.120 e. The molecule has 10 aromatic carbocycles. The van der Waals surface area contributed by atoms with Crippen LogP contribution in [-0.2, 0) is 0 Å². The Kier molecular flexibility index (Phi) is 11.9. The molecule has 12 nitrogen and oxygen atoms in total. The number of ether oxygens (including phenoxy) is 6. The summed E-state index contributed by atoms with van der Waals surface area (Å²) >= 11 is 0. The normalized spacial score (nSPS) is 11.5. The molecular formula is C66H48N6O6. The summed E-state index contributed by atoms with van der Waals surface area (Å²) in [7, 11) is 10.0. The van der Waals surface area contributed by atoms with E-state index >= 15 is 0 Å². The van der Waals surface area contributed by atoms with Crippen LogP contribution in [0.1, 0.15) is 0 Å². The maximum atomic E-state index is 5.57. The Hall–Kier alpha value is -10.2. The van der Waals surface area contributed by atoms with Crippen LogP contribution >= 0.6 is 0 Å². The SMILES string of the molecule is COc1ccc(-c2cc3nc4c5nc6cc(-c7ccc(OC)cc7)c(-c7ccc(OC)cc7)cc6nc5c5nc6cc(-c7ccc(OC)cc7)c(-c7ccc(OC)cc7)cc6nc5c4nc3cc2-c2ccc(OC)cc2)cc1. The lowest BCUT2D eigenvalue weighted by atomic mass is 9.93. The van der Waals surface area contributed by atoms with Gasteiger partial charge in [-0.15, -0.1) is 0 Å². The molecule has 0 bridgehead atoms. The van der Waals surface area contributed by atoms with Crippen LogP contribution in [0.2, 0.25) is 0 Å². The van der Waals surface area contributed by atoms with Crippen molar-refractivity contribution in [3.05, 3.63) is 182 Å². The fraction of sp³-hybridized carbons (Fsp3) is 0.0909. The van der Waals surface area contributed by atoms with E-state index in [1.54, 1.807) is 42.7 Å². The Morgan fingerprint density at radius 3 is 0.436 bits per heavy atom. The molecule has 0 aliphatic heterocycles. The highest BCUT2D eigenvalue weighted by Crippen LogP contribution is 2.43. The van der Waals surface area contributed by atoms with Crippen LogP contribution in [0, 0.1) is 0 Å². The van der Waals surface area contributed by atoms with E-state index in [0.29, 0.717) is 66.2 Å². The van der Waals surface area contributed by atoms with Crippen molar-refractivity contribution in [1.82, 2.24) is 29.9 Å². The van der Waals surface area contributed by atoms with Crippen LogP contribution < -0.4 is 28.4 Å². The standard InChI is InChI=1S/C66H48N6O6/c1-73-43-19-7-37(8-20-43)49-31-55-56(32-50(49)38-9-21-44(74-2)22-10-38)68-62-61(67-55)63-65(71-58-34-52(40-13-25-46(76-4)26-14-40)51(33-57(58)69-63)39-11-23-45(75-3)24-12-39)66-64(62)70-59-35-53(41-15-27-47(77-5)28-16-41)54(36-60(59)72-66)42-17-29-48(78-6)30-18-42/h7-36H,1-6H3. The second-order valence-electron chi connectivity index (χ2n) is 18.8. The molecule has 0 unspecified atom stereocenters. The zero-order chi connectivity index (χ0) is 53.0. The first-order valence-electron chi connectivity index (χ1n) is 25.2. The molecule has 0 aliphatic carbocycles. The van der Waals surface area contributed by atoms with Gasteiger partial charge in [0.1, 0.15) is 67.6 Å². The number of rotatable bonds is 12. The molecule has 0 radical (unpaired) electrons. The predicted molar refractivity (Wildman–Crippen MR) is 310 cm³/mol. The fourth-order valence-electron chi connectivity index (χ4n) is 10.4. The molecule has 3 aromatic heterocycles. The van der Waals surface area contributed by atoms with E-state index < -0.39 is 0 Å². The maximum Gasteiger partial charge on any atom is 0.120 e. The summed E-state index contributed by atoms with van der Waals surface area (Å²) in [5.74, 6) is 4.55. The minimum Gasteiger partial charge on any atom is -0.497 e. The summed E-state index contributed by atoms with van der Waals surface area (Å²) < 4.78 is 33.4. The average molecular weight is 1020 g/mol. The van der Waals surface area contributed by atoms with Gasteiger partial charge in [0.15, 0.2) is 0 Å². The Balaban J connectivity index is 1.13. The van der Waals surface area contributed by atoms with Gasteiger partial charge in [0.2, 0.25) is 0 Å². The van der Waals surface area contributed by atoms with Crippen molar-refractivity contribution in [2.24, 2.45) is 0 Å². The molecule has 0 amide bonds. The van der Waals surface area contributed by atoms with Gasteiger partial charge in [-0.2, -0.15) is 0 Å². The highest BCUT2D eigenvalue weighted by Gasteiger charge is 2.23. The molecule has 13 rings (SSSR count). The topological polar surface area (TPSA) is 133 Å². The molecular weight excluding hydrogens is 973 g/mol. The molecule has 378 valence electrons.